The SMILES string of the molecule is CCCCCCC(C)c1ccc(OC(=O)C2CCC(c3ccc(C)cc3)CC2)c(C#N)c1. The molecule has 32 heavy (non-hydrogen) atoms. The summed E-state index contributed by atoms with van der Waals surface area (Å²) in [4.78, 5) is 12.8. The highest BCUT2D eigenvalue weighted by atomic mass is 16.5. The number of carbonyl (C=O) groups excluding carboxylic acids is 1. The fourth-order valence-electron chi connectivity index (χ4n) is 4.77. The van der Waals surface area contributed by atoms with Gasteiger partial charge in [-0.25, -0.2) is 0 Å². The Hall–Kier alpha value is -2.60. The molecular weight excluding hydrogens is 394 g/mol. The number of nitriles is 1. The van der Waals surface area contributed by atoms with Crippen molar-refractivity contribution in [1.29, 1.82) is 5.26 Å². The van der Waals surface area contributed by atoms with Crippen molar-refractivity contribution < 1.29 is 9.53 Å². The molecule has 1 aliphatic carbocycles. The van der Waals surface area contributed by atoms with Crippen LogP contribution in [0.4, 0.5) is 0 Å². The van der Waals surface area contributed by atoms with E-state index in [1.807, 2.05) is 18.2 Å². The second-order valence-corrected chi connectivity index (χ2v) is 9.50. The predicted octanol–water partition coefficient (Wildman–Crippen LogP) is 7.82. The summed E-state index contributed by atoms with van der Waals surface area (Å²) in [6, 6.07) is 16.7. The van der Waals surface area contributed by atoms with E-state index in [4.69, 9.17) is 4.74 Å². The first-order chi connectivity index (χ1) is 15.5. The van der Waals surface area contributed by atoms with E-state index in [9.17, 15) is 10.1 Å². The van der Waals surface area contributed by atoms with Crippen molar-refractivity contribution in [2.45, 2.75) is 90.4 Å². The minimum absolute atomic E-state index is 0.0830. The Bertz CT molecular complexity index is 917. The second kappa shape index (κ2) is 11.9. The van der Waals surface area contributed by atoms with Crippen LogP contribution in [0.25, 0.3) is 0 Å². The molecule has 1 fully saturated rings. The number of benzene rings is 2. The summed E-state index contributed by atoms with van der Waals surface area (Å²) in [5, 5.41) is 9.63. The van der Waals surface area contributed by atoms with Gasteiger partial charge >= 0.3 is 5.97 Å². The second-order valence-electron chi connectivity index (χ2n) is 9.50. The Morgan fingerprint density at radius 3 is 2.44 bits per heavy atom. The minimum Gasteiger partial charge on any atom is -0.425 e. The van der Waals surface area contributed by atoms with E-state index in [-0.39, 0.29) is 11.9 Å². The zero-order valence-electron chi connectivity index (χ0n) is 19.9. The zero-order chi connectivity index (χ0) is 22.9. The number of hydrogen-bond donors (Lipinski definition) is 0. The lowest BCUT2D eigenvalue weighted by Crippen LogP contribution is -2.25. The molecule has 0 radical (unpaired) electrons. The van der Waals surface area contributed by atoms with Crippen molar-refractivity contribution in [1.82, 2.24) is 0 Å². The molecule has 0 saturated heterocycles. The van der Waals surface area contributed by atoms with Crippen molar-refractivity contribution >= 4 is 5.97 Å². The number of aryl methyl sites for hydroxylation is 1. The van der Waals surface area contributed by atoms with Crippen LogP contribution in [0.1, 0.15) is 106 Å². The van der Waals surface area contributed by atoms with Gasteiger partial charge in [0.15, 0.2) is 0 Å². The number of carbonyl (C=O) groups is 1. The van der Waals surface area contributed by atoms with Gasteiger partial charge in [0.05, 0.1) is 11.5 Å². The zero-order valence-corrected chi connectivity index (χ0v) is 19.9. The number of ether oxygens (including phenoxy) is 1. The molecule has 0 aromatic heterocycles. The first-order valence-electron chi connectivity index (χ1n) is 12.3. The summed E-state index contributed by atoms with van der Waals surface area (Å²) in [7, 11) is 0. The van der Waals surface area contributed by atoms with E-state index in [0.29, 0.717) is 23.1 Å². The quantitative estimate of drug-likeness (QED) is 0.231. The average Bonchev–Trinajstić information content (AvgIpc) is 2.82. The van der Waals surface area contributed by atoms with Crippen molar-refractivity contribution in [3.8, 4) is 11.8 Å². The summed E-state index contributed by atoms with van der Waals surface area (Å²) < 4.78 is 5.72. The summed E-state index contributed by atoms with van der Waals surface area (Å²) in [6.07, 6.45) is 9.78. The molecule has 1 unspecified atom stereocenters. The fourth-order valence-corrected chi connectivity index (χ4v) is 4.77. The molecule has 0 N–H and O–H groups in total. The van der Waals surface area contributed by atoms with Crippen LogP contribution in [0.2, 0.25) is 0 Å². The molecule has 1 saturated carbocycles. The Labute approximate surface area is 193 Å². The van der Waals surface area contributed by atoms with Crippen LogP contribution in [0, 0.1) is 24.2 Å². The van der Waals surface area contributed by atoms with Crippen LogP contribution >= 0.6 is 0 Å². The van der Waals surface area contributed by atoms with Crippen molar-refractivity contribution in [2.75, 3.05) is 0 Å². The Balaban J connectivity index is 1.55. The number of esters is 1. The maximum absolute atomic E-state index is 12.8. The first kappa shape index (κ1) is 24.1. The van der Waals surface area contributed by atoms with Gasteiger partial charge < -0.3 is 4.74 Å². The molecular formula is C29H37NO2. The summed E-state index contributed by atoms with van der Waals surface area (Å²) >= 11 is 0. The van der Waals surface area contributed by atoms with Gasteiger partial charge in [-0.3, -0.25) is 4.79 Å². The smallest absolute Gasteiger partial charge is 0.314 e. The largest absolute Gasteiger partial charge is 0.425 e. The monoisotopic (exact) mass is 431 g/mol. The standard InChI is InChI=1S/C29H37NO2/c1-4-5-6-7-8-22(3)26-17-18-28(27(19-26)20-30)32-29(31)25-15-13-24(14-16-25)23-11-9-21(2)10-12-23/h9-12,17-19,22,24-25H,4-8,13-16H2,1-3H3. The third-order valence-corrected chi connectivity index (χ3v) is 7.00. The topological polar surface area (TPSA) is 50.1 Å². The summed E-state index contributed by atoms with van der Waals surface area (Å²) in [5.41, 5.74) is 4.26. The van der Waals surface area contributed by atoms with Gasteiger partial charge in [-0.1, -0.05) is 75.4 Å². The third-order valence-electron chi connectivity index (χ3n) is 7.00. The molecule has 3 nitrogen and oxygen atoms in total. The minimum atomic E-state index is -0.191. The molecule has 2 aromatic carbocycles. The van der Waals surface area contributed by atoms with E-state index in [2.05, 4.69) is 51.1 Å². The maximum atomic E-state index is 12.8. The molecule has 3 rings (SSSR count). The Morgan fingerprint density at radius 1 is 1.06 bits per heavy atom. The van der Waals surface area contributed by atoms with Crippen LogP contribution in [0.15, 0.2) is 42.5 Å². The summed E-state index contributed by atoms with van der Waals surface area (Å²) in [6.45, 7) is 6.53. The van der Waals surface area contributed by atoms with Crippen molar-refractivity contribution in [2.24, 2.45) is 5.92 Å². The molecule has 1 aliphatic rings. The van der Waals surface area contributed by atoms with Gasteiger partial charge in [-0.2, -0.15) is 5.26 Å². The van der Waals surface area contributed by atoms with E-state index in [0.717, 1.165) is 37.7 Å². The van der Waals surface area contributed by atoms with Crippen LogP contribution in [0.5, 0.6) is 5.75 Å². The maximum Gasteiger partial charge on any atom is 0.314 e. The molecule has 2 aromatic rings. The lowest BCUT2D eigenvalue weighted by molar-refractivity contribution is -0.140. The molecule has 170 valence electrons. The van der Waals surface area contributed by atoms with Crippen molar-refractivity contribution in [3.05, 3.63) is 64.7 Å². The average molecular weight is 432 g/mol. The predicted molar refractivity (Wildman–Crippen MR) is 130 cm³/mol. The lowest BCUT2D eigenvalue weighted by atomic mass is 9.78. The molecule has 0 heterocycles. The van der Waals surface area contributed by atoms with E-state index in [1.165, 1.54) is 36.8 Å². The van der Waals surface area contributed by atoms with Gasteiger partial charge in [0.1, 0.15) is 11.8 Å². The van der Waals surface area contributed by atoms with E-state index in [1.54, 1.807) is 0 Å². The van der Waals surface area contributed by atoms with Gasteiger partial charge in [0.25, 0.3) is 0 Å². The third kappa shape index (κ3) is 6.45. The first-order valence-corrected chi connectivity index (χ1v) is 12.3. The molecule has 0 bridgehead atoms. The van der Waals surface area contributed by atoms with Gasteiger partial charge in [-0.05, 0) is 74.1 Å². The van der Waals surface area contributed by atoms with E-state index < -0.39 is 0 Å². The van der Waals surface area contributed by atoms with Crippen LogP contribution in [-0.4, -0.2) is 5.97 Å². The number of rotatable bonds is 9. The summed E-state index contributed by atoms with van der Waals surface area (Å²) in [5.74, 6) is 1.05. The van der Waals surface area contributed by atoms with Crippen LogP contribution in [0.3, 0.4) is 0 Å². The number of nitrogens with zero attached hydrogens (tertiary/aromatic N) is 1. The van der Waals surface area contributed by atoms with Crippen LogP contribution < -0.4 is 4.74 Å². The van der Waals surface area contributed by atoms with Gasteiger partial charge in [0, 0.05) is 0 Å². The van der Waals surface area contributed by atoms with Crippen molar-refractivity contribution in [3.63, 3.8) is 0 Å². The van der Waals surface area contributed by atoms with E-state index >= 15 is 0 Å². The highest BCUT2D eigenvalue weighted by Gasteiger charge is 2.29. The van der Waals surface area contributed by atoms with Gasteiger partial charge in [-0.15, -0.1) is 0 Å². The molecule has 0 spiro atoms. The van der Waals surface area contributed by atoms with Crippen LogP contribution in [-0.2, 0) is 4.79 Å². The molecule has 0 aliphatic heterocycles. The lowest BCUT2D eigenvalue weighted by Gasteiger charge is -2.27. The normalized spacial score (nSPS) is 19.2. The molecule has 0 amide bonds. The Morgan fingerprint density at radius 2 is 1.78 bits per heavy atom. The number of unbranched alkanes of at least 4 members (excludes halogenated alkanes) is 3. The van der Waals surface area contributed by atoms with Gasteiger partial charge in [0.2, 0.25) is 0 Å². The fraction of sp³-hybridized carbons (Fsp3) is 0.517. The molecule has 3 heteroatoms. The number of hydrogen-bond acceptors (Lipinski definition) is 3. The highest BCUT2D eigenvalue weighted by molar-refractivity contribution is 5.76. The highest BCUT2D eigenvalue weighted by Crippen LogP contribution is 2.37. The molecule has 1 atom stereocenters. The Kier molecular flexibility index (Phi) is 8.91.